The maximum Gasteiger partial charge on any atom is 0.324 e. The van der Waals surface area contributed by atoms with Crippen molar-refractivity contribution in [3.8, 4) is 0 Å². The summed E-state index contributed by atoms with van der Waals surface area (Å²) < 4.78 is 0. The van der Waals surface area contributed by atoms with Gasteiger partial charge in [0, 0.05) is 31.3 Å². The van der Waals surface area contributed by atoms with Gasteiger partial charge in [-0.15, -0.1) is 11.6 Å². The van der Waals surface area contributed by atoms with E-state index in [9.17, 15) is 14.4 Å². The first-order chi connectivity index (χ1) is 8.04. The summed E-state index contributed by atoms with van der Waals surface area (Å²) in [6.07, 6.45) is 1.21. The topological polar surface area (TPSA) is 92.5 Å². The molecule has 1 saturated heterocycles. The number of amides is 4. The first-order valence-electron chi connectivity index (χ1n) is 5.48. The average molecular weight is 262 g/mol. The standard InChI is InChI=1S/C10H16ClN3O3/c11-4-1-8(15)13-10(17)14-5-2-7(3-6-14)9(12)16/h7H,1-6H2,(H2,12,16)(H,13,15,17). The van der Waals surface area contributed by atoms with Gasteiger partial charge in [0.05, 0.1) is 0 Å². The van der Waals surface area contributed by atoms with Gasteiger partial charge in [0.1, 0.15) is 0 Å². The monoisotopic (exact) mass is 261 g/mol. The smallest absolute Gasteiger partial charge is 0.324 e. The third kappa shape index (κ3) is 4.22. The summed E-state index contributed by atoms with van der Waals surface area (Å²) in [5.41, 5.74) is 5.18. The van der Waals surface area contributed by atoms with Gasteiger partial charge in [-0.3, -0.25) is 14.9 Å². The maximum atomic E-state index is 11.6. The van der Waals surface area contributed by atoms with Crippen LogP contribution < -0.4 is 11.1 Å². The lowest BCUT2D eigenvalue weighted by molar-refractivity contribution is -0.123. The van der Waals surface area contributed by atoms with Crippen molar-refractivity contribution >= 4 is 29.4 Å². The molecule has 0 atom stereocenters. The van der Waals surface area contributed by atoms with E-state index in [4.69, 9.17) is 17.3 Å². The van der Waals surface area contributed by atoms with Crippen LogP contribution in [-0.4, -0.2) is 41.7 Å². The predicted octanol–water partition coefficient (Wildman–Crippen LogP) is 0.0488. The van der Waals surface area contributed by atoms with Gasteiger partial charge in [0.15, 0.2) is 0 Å². The van der Waals surface area contributed by atoms with E-state index in [1.807, 2.05) is 0 Å². The molecular formula is C10H16ClN3O3. The van der Waals surface area contributed by atoms with Crippen molar-refractivity contribution in [1.29, 1.82) is 0 Å². The highest BCUT2D eigenvalue weighted by atomic mass is 35.5. The molecule has 0 unspecified atom stereocenters. The molecule has 4 amide bonds. The Morgan fingerprint density at radius 1 is 1.29 bits per heavy atom. The van der Waals surface area contributed by atoms with Crippen LogP contribution in [0.2, 0.25) is 0 Å². The number of carbonyl (C=O) groups excluding carboxylic acids is 3. The van der Waals surface area contributed by atoms with E-state index in [1.165, 1.54) is 4.90 Å². The second kappa shape index (κ2) is 6.44. The van der Waals surface area contributed by atoms with Crippen molar-refractivity contribution in [2.75, 3.05) is 19.0 Å². The molecule has 1 fully saturated rings. The molecule has 17 heavy (non-hydrogen) atoms. The lowest BCUT2D eigenvalue weighted by Crippen LogP contribution is -2.47. The molecule has 0 aromatic rings. The zero-order valence-corrected chi connectivity index (χ0v) is 10.2. The number of urea groups is 1. The molecule has 3 N–H and O–H groups in total. The fraction of sp³-hybridized carbons (Fsp3) is 0.700. The zero-order valence-electron chi connectivity index (χ0n) is 9.45. The van der Waals surface area contributed by atoms with E-state index >= 15 is 0 Å². The first-order valence-corrected chi connectivity index (χ1v) is 6.02. The molecule has 0 spiro atoms. The number of rotatable bonds is 3. The number of imide groups is 1. The van der Waals surface area contributed by atoms with E-state index in [0.717, 1.165) is 0 Å². The Labute approximate surface area is 104 Å². The van der Waals surface area contributed by atoms with Gasteiger partial charge in [-0.25, -0.2) is 4.79 Å². The SMILES string of the molecule is NC(=O)C1CCN(C(=O)NC(=O)CCCl)CC1. The Morgan fingerprint density at radius 2 is 1.88 bits per heavy atom. The van der Waals surface area contributed by atoms with Crippen LogP contribution in [0.1, 0.15) is 19.3 Å². The molecule has 1 aliphatic rings. The summed E-state index contributed by atoms with van der Waals surface area (Å²) in [5, 5.41) is 2.24. The molecule has 96 valence electrons. The molecule has 0 bridgehead atoms. The van der Waals surface area contributed by atoms with Crippen LogP contribution in [0.3, 0.4) is 0 Å². The van der Waals surface area contributed by atoms with Crippen molar-refractivity contribution in [2.45, 2.75) is 19.3 Å². The lowest BCUT2D eigenvalue weighted by atomic mass is 9.96. The molecule has 0 aliphatic carbocycles. The highest BCUT2D eigenvalue weighted by Gasteiger charge is 2.26. The summed E-state index contributed by atoms with van der Waals surface area (Å²) in [5.74, 6) is -0.703. The van der Waals surface area contributed by atoms with Crippen LogP contribution in [-0.2, 0) is 9.59 Å². The molecule has 7 heteroatoms. The van der Waals surface area contributed by atoms with Crippen molar-refractivity contribution in [3.63, 3.8) is 0 Å². The Kier molecular flexibility index (Phi) is 5.21. The normalized spacial score (nSPS) is 16.6. The number of carbonyl (C=O) groups is 3. The number of nitrogens with zero attached hydrogens (tertiary/aromatic N) is 1. The second-order valence-electron chi connectivity index (χ2n) is 3.96. The second-order valence-corrected chi connectivity index (χ2v) is 4.33. The van der Waals surface area contributed by atoms with E-state index in [1.54, 1.807) is 0 Å². The summed E-state index contributed by atoms with van der Waals surface area (Å²) in [6.45, 7) is 0.876. The van der Waals surface area contributed by atoms with Crippen LogP contribution in [0.4, 0.5) is 4.79 Å². The minimum atomic E-state index is -0.428. The van der Waals surface area contributed by atoms with Crippen LogP contribution in [0.15, 0.2) is 0 Å². The number of primary amides is 1. The number of halogens is 1. The van der Waals surface area contributed by atoms with Crippen LogP contribution in [0.25, 0.3) is 0 Å². The summed E-state index contributed by atoms with van der Waals surface area (Å²) in [4.78, 5) is 35.2. The van der Waals surface area contributed by atoms with Crippen molar-refractivity contribution < 1.29 is 14.4 Å². The van der Waals surface area contributed by atoms with E-state index in [2.05, 4.69) is 5.32 Å². The molecule has 0 aromatic carbocycles. The molecule has 6 nitrogen and oxygen atoms in total. The van der Waals surface area contributed by atoms with Gasteiger partial charge >= 0.3 is 6.03 Å². The predicted molar refractivity (Wildman–Crippen MR) is 62.4 cm³/mol. The van der Waals surface area contributed by atoms with Crippen molar-refractivity contribution in [3.05, 3.63) is 0 Å². The van der Waals surface area contributed by atoms with E-state index in [-0.39, 0.29) is 30.0 Å². The van der Waals surface area contributed by atoms with Gasteiger partial charge in [0.25, 0.3) is 0 Å². The summed E-state index contributed by atoms with van der Waals surface area (Å²) in [6, 6.07) is -0.428. The number of likely N-dealkylation sites (tertiary alicyclic amines) is 1. The van der Waals surface area contributed by atoms with Crippen molar-refractivity contribution in [2.24, 2.45) is 11.7 Å². The molecule has 0 saturated carbocycles. The molecular weight excluding hydrogens is 246 g/mol. The highest BCUT2D eigenvalue weighted by Crippen LogP contribution is 2.16. The number of hydrogen-bond donors (Lipinski definition) is 2. The zero-order chi connectivity index (χ0) is 12.8. The fourth-order valence-corrected chi connectivity index (χ4v) is 1.89. The van der Waals surface area contributed by atoms with Crippen molar-refractivity contribution in [1.82, 2.24) is 10.2 Å². The molecule has 1 heterocycles. The Morgan fingerprint density at radius 3 is 2.35 bits per heavy atom. The molecule has 1 rings (SSSR count). The quantitative estimate of drug-likeness (QED) is 0.703. The minimum Gasteiger partial charge on any atom is -0.369 e. The van der Waals surface area contributed by atoms with Crippen LogP contribution >= 0.6 is 11.6 Å². The number of nitrogens with two attached hydrogens (primary N) is 1. The van der Waals surface area contributed by atoms with Gasteiger partial charge < -0.3 is 10.6 Å². The van der Waals surface area contributed by atoms with E-state index in [0.29, 0.717) is 25.9 Å². The van der Waals surface area contributed by atoms with E-state index < -0.39 is 6.03 Å². The molecule has 0 aromatic heterocycles. The summed E-state index contributed by atoms with van der Waals surface area (Å²) >= 11 is 5.38. The number of alkyl halides is 1. The molecule has 0 radical (unpaired) electrons. The minimum absolute atomic E-state index is 0.116. The third-order valence-electron chi connectivity index (χ3n) is 2.75. The van der Waals surface area contributed by atoms with Crippen LogP contribution in [0, 0.1) is 5.92 Å². The summed E-state index contributed by atoms with van der Waals surface area (Å²) in [7, 11) is 0. The number of nitrogens with one attached hydrogen (secondary N) is 1. The van der Waals surface area contributed by atoms with Gasteiger partial charge in [-0.2, -0.15) is 0 Å². The third-order valence-corrected chi connectivity index (χ3v) is 2.94. The number of hydrogen-bond acceptors (Lipinski definition) is 3. The van der Waals surface area contributed by atoms with Gasteiger partial charge in [-0.05, 0) is 12.8 Å². The highest BCUT2D eigenvalue weighted by molar-refractivity contribution is 6.19. The lowest BCUT2D eigenvalue weighted by Gasteiger charge is -2.30. The largest absolute Gasteiger partial charge is 0.369 e. The van der Waals surface area contributed by atoms with Gasteiger partial charge in [0.2, 0.25) is 11.8 Å². The fourth-order valence-electron chi connectivity index (χ4n) is 1.71. The van der Waals surface area contributed by atoms with Gasteiger partial charge in [-0.1, -0.05) is 0 Å². The first kappa shape index (κ1) is 13.8. The van der Waals surface area contributed by atoms with Crippen LogP contribution in [0.5, 0.6) is 0 Å². The molecule has 1 aliphatic heterocycles. The number of piperidine rings is 1. The Balaban J connectivity index is 2.35. The average Bonchev–Trinajstić information content (AvgIpc) is 2.29. The Bertz CT molecular complexity index is 314. The Hall–Kier alpha value is -1.30. The maximum absolute atomic E-state index is 11.6.